The standard InChI is InChI=1S/C14H25N5O/c1-3-9-19(11-7-5-10(15)6-8-11)14(20)13-16-12(4-2)17-18-13/h10-11H,3-9,15H2,1-2H3,(H,16,17,18). The molecular weight excluding hydrogens is 254 g/mol. The van der Waals surface area contributed by atoms with Gasteiger partial charge in [0.2, 0.25) is 5.82 Å². The Labute approximate surface area is 120 Å². The summed E-state index contributed by atoms with van der Waals surface area (Å²) in [5.74, 6) is 1.00. The van der Waals surface area contributed by atoms with Gasteiger partial charge in [0.15, 0.2) is 0 Å². The van der Waals surface area contributed by atoms with Crippen LogP contribution in [-0.2, 0) is 6.42 Å². The molecule has 0 spiro atoms. The van der Waals surface area contributed by atoms with Crippen molar-refractivity contribution in [2.24, 2.45) is 5.73 Å². The van der Waals surface area contributed by atoms with Crippen molar-refractivity contribution in [3.63, 3.8) is 0 Å². The molecule has 0 unspecified atom stereocenters. The fourth-order valence-corrected chi connectivity index (χ4v) is 2.78. The van der Waals surface area contributed by atoms with Crippen LogP contribution in [0.5, 0.6) is 0 Å². The Morgan fingerprint density at radius 3 is 2.60 bits per heavy atom. The van der Waals surface area contributed by atoms with Crippen LogP contribution in [0, 0.1) is 0 Å². The molecule has 3 N–H and O–H groups in total. The van der Waals surface area contributed by atoms with Gasteiger partial charge in [-0.3, -0.25) is 9.89 Å². The molecule has 0 aromatic carbocycles. The van der Waals surface area contributed by atoms with Crippen molar-refractivity contribution < 1.29 is 4.79 Å². The topological polar surface area (TPSA) is 87.9 Å². The number of carbonyl (C=O) groups excluding carboxylic acids is 1. The predicted octanol–water partition coefficient (Wildman–Crippen LogP) is 1.49. The van der Waals surface area contributed by atoms with Crippen molar-refractivity contribution in [1.29, 1.82) is 0 Å². The van der Waals surface area contributed by atoms with E-state index in [-0.39, 0.29) is 11.9 Å². The van der Waals surface area contributed by atoms with E-state index in [9.17, 15) is 4.79 Å². The van der Waals surface area contributed by atoms with E-state index in [4.69, 9.17) is 5.73 Å². The molecule has 2 rings (SSSR count). The normalized spacial score (nSPS) is 22.8. The summed E-state index contributed by atoms with van der Waals surface area (Å²) in [7, 11) is 0. The van der Waals surface area contributed by atoms with Crippen LogP contribution < -0.4 is 5.73 Å². The van der Waals surface area contributed by atoms with Crippen LogP contribution in [-0.4, -0.2) is 44.6 Å². The van der Waals surface area contributed by atoms with Crippen molar-refractivity contribution in [2.75, 3.05) is 6.54 Å². The molecule has 1 aliphatic carbocycles. The van der Waals surface area contributed by atoms with Gasteiger partial charge in [0, 0.05) is 25.0 Å². The highest BCUT2D eigenvalue weighted by Crippen LogP contribution is 2.23. The van der Waals surface area contributed by atoms with Gasteiger partial charge in [-0.2, -0.15) is 0 Å². The van der Waals surface area contributed by atoms with Gasteiger partial charge in [-0.1, -0.05) is 13.8 Å². The molecule has 1 heterocycles. The molecule has 20 heavy (non-hydrogen) atoms. The van der Waals surface area contributed by atoms with Crippen LogP contribution >= 0.6 is 0 Å². The number of aromatic amines is 1. The first-order valence-corrected chi connectivity index (χ1v) is 7.63. The number of hydrogen-bond donors (Lipinski definition) is 2. The van der Waals surface area contributed by atoms with Crippen LogP contribution in [0.2, 0.25) is 0 Å². The number of carbonyl (C=O) groups is 1. The van der Waals surface area contributed by atoms with E-state index in [0.717, 1.165) is 50.9 Å². The van der Waals surface area contributed by atoms with Crippen LogP contribution in [0.3, 0.4) is 0 Å². The molecule has 1 saturated carbocycles. The van der Waals surface area contributed by atoms with Gasteiger partial charge in [0.1, 0.15) is 5.82 Å². The number of hydrogen-bond acceptors (Lipinski definition) is 4. The minimum Gasteiger partial charge on any atom is -0.333 e. The summed E-state index contributed by atoms with van der Waals surface area (Å²) in [6.45, 7) is 4.83. The Hall–Kier alpha value is -1.43. The monoisotopic (exact) mass is 279 g/mol. The SMILES string of the molecule is CCCN(C(=O)c1n[nH]c(CC)n1)C1CCC(N)CC1. The van der Waals surface area contributed by atoms with Crippen molar-refractivity contribution in [1.82, 2.24) is 20.1 Å². The lowest BCUT2D eigenvalue weighted by molar-refractivity contribution is 0.0614. The lowest BCUT2D eigenvalue weighted by atomic mass is 9.90. The molecule has 0 aliphatic heterocycles. The Morgan fingerprint density at radius 1 is 1.35 bits per heavy atom. The lowest BCUT2D eigenvalue weighted by Gasteiger charge is -2.35. The second-order valence-corrected chi connectivity index (χ2v) is 5.53. The van der Waals surface area contributed by atoms with E-state index in [2.05, 4.69) is 22.1 Å². The maximum Gasteiger partial charge on any atom is 0.293 e. The first-order chi connectivity index (χ1) is 9.65. The molecule has 0 atom stereocenters. The van der Waals surface area contributed by atoms with Gasteiger partial charge in [-0.15, -0.1) is 5.10 Å². The maximum absolute atomic E-state index is 12.6. The second kappa shape index (κ2) is 6.83. The number of H-pyrrole nitrogens is 1. The summed E-state index contributed by atoms with van der Waals surface area (Å²) in [4.78, 5) is 18.8. The third kappa shape index (κ3) is 3.36. The molecule has 1 amide bonds. The van der Waals surface area contributed by atoms with Gasteiger partial charge in [-0.25, -0.2) is 4.98 Å². The minimum absolute atomic E-state index is 0.0525. The van der Waals surface area contributed by atoms with Gasteiger partial charge in [0.05, 0.1) is 0 Å². The largest absolute Gasteiger partial charge is 0.333 e. The number of aryl methyl sites for hydroxylation is 1. The van der Waals surface area contributed by atoms with Crippen molar-refractivity contribution in [3.05, 3.63) is 11.6 Å². The van der Waals surface area contributed by atoms with Gasteiger partial charge < -0.3 is 10.6 Å². The van der Waals surface area contributed by atoms with E-state index < -0.39 is 0 Å². The van der Waals surface area contributed by atoms with Crippen molar-refractivity contribution in [2.45, 2.75) is 64.5 Å². The molecule has 1 aromatic heterocycles. The first-order valence-electron chi connectivity index (χ1n) is 7.63. The lowest BCUT2D eigenvalue weighted by Crippen LogP contribution is -2.45. The Kier molecular flexibility index (Phi) is 5.11. The quantitative estimate of drug-likeness (QED) is 0.854. The third-order valence-electron chi connectivity index (χ3n) is 3.97. The fourth-order valence-electron chi connectivity index (χ4n) is 2.78. The summed E-state index contributed by atoms with van der Waals surface area (Å²) >= 11 is 0. The van der Waals surface area contributed by atoms with Crippen molar-refractivity contribution in [3.8, 4) is 0 Å². The molecule has 1 fully saturated rings. The Balaban J connectivity index is 2.08. The maximum atomic E-state index is 12.6. The highest BCUT2D eigenvalue weighted by atomic mass is 16.2. The zero-order valence-electron chi connectivity index (χ0n) is 12.4. The zero-order valence-corrected chi connectivity index (χ0v) is 12.4. The summed E-state index contributed by atoms with van der Waals surface area (Å²) in [6, 6.07) is 0.575. The summed E-state index contributed by atoms with van der Waals surface area (Å²) < 4.78 is 0. The summed E-state index contributed by atoms with van der Waals surface area (Å²) in [5, 5.41) is 6.86. The average molecular weight is 279 g/mol. The van der Waals surface area contributed by atoms with E-state index in [0.29, 0.717) is 11.9 Å². The first kappa shape index (κ1) is 15.0. The smallest absolute Gasteiger partial charge is 0.293 e. The molecular formula is C14H25N5O. The highest BCUT2D eigenvalue weighted by molar-refractivity contribution is 5.90. The number of nitrogens with one attached hydrogen (secondary N) is 1. The highest BCUT2D eigenvalue weighted by Gasteiger charge is 2.29. The zero-order chi connectivity index (χ0) is 14.5. The van der Waals surface area contributed by atoms with E-state index >= 15 is 0 Å². The number of rotatable bonds is 5. The minimum atomic E-state index is -0.0525. The Bertz CT molecular complexity index is 437. The number of amides is 1. The molecule has 0 radical (unpaired) electrons. The van der Waals surface area contributed by atoms with Gasteiger partial charge in [0.25, 0.3) is 5.91 Å². The summed E-state index contributed by atoms with van der Waals surface area (Å²) in [6.07, 6.45) is 5.65. The van der Waals surface area contributed by atoms with E-state index in [1.807, 2.05) is 11.8 Å². The molecule has 6 nitrogen and oxygen atoms in total. The van der Waals surface area contributed by atoms with Crippen LogP contribution in [0.25, 0.3) is 0 Å². The van der Waals surface area contributed by atoms with Crippen molar-refractivity contribution >= 4 is 5.91 Å². The van der Waals surface area contributed by atoms with E-state index in [1.165, 1.54) is 0 Å². The molecule has 6 heteroatoms. The third-order valence-corrected chi connectivity index (χ3v) is 3.97. The molecule has 0 bridgehead atoms. The fraction of sp³-hybridized carbons (Fsp3) is 0.786. The molecule has 1 aliphatic rings. The predicted molar refractivity (Wildman–Crippen MR) is 77.3 cm³/mol. The molecule has 1 aromatic rings. The van der Waals surface area contributed by atoms with Crippen LogP contribution in [0.1, 0.15) is 62.4 Å². The second-order valence-electron chi connectivity index (χ2n) is 5.53. The number of aromatic nitrogens is 3. The Morgan fingerprint density at radius 2 is 2.05 bits per heavy atom. The van der Waals surface area contributed by atoms with Crippen LogP contribution in [0.15, 0.2) is 0 Å². The number of nitrogens with zero attached hydrogens (tertiary/aromatic N) is 3. The molecule has 112 valence electrons. The number of nitrogens with two attached hydrogens (primary N) is 1. The van der Waals surface area contributed by atoms with E-state index in [1.54, 1.807) is 0 Å². The van der Waals surface area contributed by atoms with Gasteiger partial charge >= 0.3 is 0 Å². The summed E-state index contributed by atoms with van der Waals surface area (Å²) in [5.41, 5.74) is 5.95. The van der Waals surface area contributed by atoms with Gasteiger partial charge in [-0.05, 0) is 32.1 Å². The molecule has 0 saturated heterocycles. The average Bonchev–Trinajstić information content (AvgIpc) is 2.94. The van der Waals surface area contributed by atoms with Crippen LogP contribution in [0.4, 0.5) is 0 Å².